The van der Waals surface area contributed by atoms with Crippen LogP contribution in [0, 0.1) is 0 Å². The highest BCUT2D eigenvalue weighted by molar-refractivity contribution is 5.47. The Hall–Kier alpha value is -1.26. The molecule has 1 fully saturated rings. The molecule has 1 aromatic rings. The zero-order valence-corrected chi connectivity index (χ0v) is 9.61. The molecule has 0 aliphatic carbocycles. The zero-order chi connectivity index (χ0) is 11.4. The van der Waals surface area contributed by atoms with Crippen LogP contribution in [-0.2, 0) is 11.4 Å². The summed E-state index contributed by atoms with van der Waals surface area (Å²) in [4.78, 5) is 5.47. The first-order chi connectivity index (χ1) is 7.79. The van der Waals surface area contributed by atoms with Crippen molar-refractivity contribution in [3.63, 3.8) is 0 Å². The molecule has 0 amide bonds. The monoisotopic (exact) mass is 222 g/mol. The van der Waals surface area contributed by atoms with Crippen molar-refractivity contribution in [1.82, 2.24) is 5.06 Å². The van der Waals surface area contributed by atoms with Gasteiger partial charge in [0.15, 0.2) is 0 Å². The van der Waals surface area contributed by atoms with E-state index in [2.05, 4.69) is 0 Å². The number of ether oxygens (including phenoxy) is 1. The summed E-state index contributed by atoms with van der Waals surface area (Å²) in [5.41, 5.74) is 7.63. The summed E-state index contributed by atoms with van der Waals surface area (Å²) in [6.45, 7) is 5.16. The molecule has 16 heavy (non-hydrogen) atoms. The molecule has 1 aliphatic heterocycles. The van der Waals surface area contributed by atoms with Gasteiger partial charge in [-0.25, -0.2) is 0 Å². The minimum Gasteiger partial charge on any atom is -0.494 e. The largest absolute Gasteiger partial charge is 0.494 e. The van der Waals surface area contributed by atoms with E-state index in [9.17, 15) is 0 Å². The van der Waals surface area contributed by atoms with Crippen LogP contribution in [0.1, 0.15) is 18.9 Å². The Labute approximate surface area is 95.9 Å². The molecule has 0 spiro atoms. The second kappa shape index (κ2) is 5.18. The maximum atomic E-state index is 5.78. The standard InChI is InChI=1S/C12H18N2O2/c1-2-15-12-5-4-11(13)8-10(12)9-14-6-3-7-16-14/h4-5,8H,2-3,6-7,9,13H2,1H3. The molecular formula is C12H18N2O2. The van der Waals surface area contributed by atoms with Crippen LogP contribution in [0.5, 0.6) is 5.75 Å². The van der Waals surface area contributed by atoms with Crippen LogP contribution >= 0.6 is 0 Å². The van der Waals surface area contributed by atoms with Crippen molar-refractivity contribution in [2.24, 2.45) is 0 Å². The van der Waals surface area contributed by atoms with Crippen LogP contribution in [-0.4, -0.2) is 24.8 Å². The van der Waals surface area contributed by atoms with Crippen molar-refractivity contribution in [2.45, 2.75) is 19.9 Å². The summed E-state index contributed by atoms with van der Waals surface area (Å²) in [7, 11) is 0. The zero-order valence-electron chi connectivity index (χ0n) is 9.61. The normalized spacial score (nSPS) is 16.6. The molecule has 2 rings (SSSR count). The molecule has 2 N–H and O–H groups in total. The van der Waals surface area contributed by atoms with Gasteiger partial charge in [0.25, 0.3) is 0 Å². The molecule has 0 bridgehead atoms. The molecule has 0 saturated carbocycles. The topological polar surface area (TPSA) is 47.7 Å². The third kappa shape index (κ3) is 2.65. The minimum absolute atomic E-state index is 0.664. The first kappa shape index (κ1) is 11.2. The number of anilines is 1. The highest BCUT2D eigenvalue weighted by Gasteiger charge is 2.15. The fourth-order valence-electron chi connectivity index (χ4n) is 1.83. The summed E-state index contributed by atoms with van der Waals surface area (Å²) < 4.78 is 5.56. The van der Waals surface area contributed by atoms with Gasteiger partial charge in [0.05, 0.1) is 19.8 Å². The summed E-state index contributed by atoms with van der Waals surface area (Å²) in [5.74, 6) is 0.896. The quantitative estimate of drug-likeness (QED) is 0.789. The van der Waals surface area contributed by atoms with Gasteiger partial charge in [0.2, 0.25) is 0 Å². The van der Waals surface area contributed by atoms with Gasteiger partial charge in [-0.15, -0.1) is 0 Å². The number of hydrogen-bond acceptors (Lipinski definition) is 4. The Morgan fingerprint density at radius 3 is 3.06 bits per heavy atom. The van der Waals surface area contributed by atoms with Crippen LogP contribution in [0.4, 0.5) is 5.69 Å². The van der Waals surface area contributed by atoms with E-state index >= 15 is 0 Å². The SMILES string of the molecule is CCOc1ccc(N)cc1CN1CCCO1. The fraction of sp³-hybridized carbons (Fsp3) is 0.500. The Bertz CT molecular complexity index is 349. The third-order valence-corrected chi connectivity index (χ3v) is 2.56. The van der Waals surface area contributed by atoms with Crippen molar-refractivity contribution < 1.29 is 9.57 Å². The smallest absolute Gasteiger partial charge is 0.124 e. The van der Waals surface area contributed by atoms with Gasteiger partial charge in [-0.3, -0.25) is 4.84 Å². The Morgan fingerprint density at radius 1 is 1.50 bits per heavy atom. The average molecular weight is 222 g/mol. The lowest BCUT2D eigenvalue weighted by Gasteiger charge is -2.17. The molecule has 4 heteroatoms. The molecule has 1 saturated heterocycles. The number of nitrogens with zero attached hydrogens (tertiary/aromatic N) is 1. The molecule has 0 aromatic heterocycles. The van der Waals surface area contributed by atoms with Crippen molar-refractivity contribution in [2.75, 3.05) is 25.5 Å². The van der Waals surface area contributed by atoms with Gasteiger partial charge in [0.1, 0.15) is 5.75 Å². The molecular weight excluding hydrogens is 204 g/mol. The maximum absolute atomic E-state index is 5.78. The molecule has 4 nitrogen and oxygen atoms in total. The lowest BCUT2D eigenvalue weighted by atomic mass is 10.1. The van der Waals surface area contributed by atoms with E-state index in [1.807, 2.05) is 30.2 Å². The number of nitrogens with two attached hydrogens (primary N) is 1. The number of nitrogen functional groups attached to an aromatic ring is 1. The number of benzene rings is 1. The lowest BCUT2D eigenvalue weighted by Crippen LogP contribution is -2.17. The van der Waals surface area contributed by atoms with Crippen LogP contribution in [0.15, 0.2) is 18.2 Å². The number of hydrogen-bond donors (Lipinski definition) is 1. The summed E-state index contributed by atoms with van der Waals surface area (Å²) >= 11 is 0. The molecule has 0 atom stereocenters. The highest BCUT2D eigenvalue weighted by atomic mass is 16.7. The van der Waals surface area contributed by atoms with E-state index in [1.165, 1.54) is 0 Å². The second-order valence-electron chi connectivity index (χ2n) is 3.85. The van der Waals surface area contributed by atoms with Crippen molar-refractivity contribution >= 4 is 5.69 Å². The van der Waals surface area contributed by atoms with Crippen LogP contribution in [0.25, 0.3) is 0 Å². The molecule has 88 valence electrons. The average Bonchev–Trinajstić information content (AvgIpc) is 2.75. The van der Waals surface area contributed by atoms with E-state index in [1.54, 1.807) is 0 Å². The van der Waals surface area contributed by atoms with Gasteiger partial charge in [-0.2, -0.15) is 5.06 Å². The van der Waals surface area contributed by atoms with E-state index in [0.29, 0.717) is 6.61 Å². The summed E-state index contributed by atoms with van der Waals surface area (Å²) in [6.07, 6.45) is 1.09. The van der Waals surface area contributed by atoms with Crippen molar-refractivity contribution in [3.05, 3.63) is 23.8 Å². The van der Waals surface area contributed by atoms with Crippen LogP contribution in [0.2, 0.25) is 0 Å². The summed E-state index contributed by atoms with van der Waals surface area (Å²) in [6, 6.07) is 5.73. The Morgan fingerprint density at radius 2 is 2.38 bits per heavy atom. The Balaban J connectivity index is 2.12. The maximum Gasteiger partial charge on any atom is 0.124 e. The van der Waals surface area contributed by atoms with Gasteiger partial charge in [-0.1, -0.05) is 0 Å². The van der Waals surface area contributed by atoms with Gasteiger partial charge >= 0.3 is 0 Å². The van der Waals surface area contributed by atoms with Gasteiger partial charge in [-0.05, 0) is 31.5 Å². The molecule has 1 aliphatic rings. The van der Waals surface area contributed by atoms with Gasteiger partial charge < -0.3 is 10.5 Å². The predicted octanol–water partition coefficient (Wildman–Crippen LogP) is 1.80. The van der Waals surface area contributed by atoms with Crippen LogP contribution < -0.4 is 10.5 Å². The molecule has 1 aromatic carbocycles. The van der Waals surface area contributed by atoms with Crippen molar-refractivity contribution in [3.8, 4) is 5.75 Å². The minimum atomic E-state index is 0.664. The van der Waals surface area contributed by atoms with E-state index in [0.717, 1.165) is 43.1 Å². The first-order valence-electron chi connectivity index (χ1n) is 5.68. The third-order valence-electron chi connectivity index (χ3n) is 2.56. The number of hydroxylamine groups is 2. The molecule has 0 radical (unpaired) electrons. The van der Waals surface area contributed by atoms with Crippen molar-refractivity contribution in [1.29, 1.82) is 0 Å². The highest BCUT2D eigenvalue weighted by Crippen LogP contribution is 2.24. The van der Waals surface area contributed by atoms with Gasteiger partial charge in [0, 0.05) is 17.8 Å². The Kier molecular flexibility index (Phi) is 3.64. The predicted molar refractivity (Wildman–Crippen MR) is 63.0 cm³/mol. The summed E-state index contributed by atoms with van der Waals surface area (Å²) in [5, 5.41) is 1.96. The first-order valence-corrected chi connectivity index (χ1v) is 5.68. The lowest BCUT2D eigenvalue weighted by molar-refractivity contribution is -0.117. The molecule has 0 unspecified atom stereocenters. The molecule has 1 heterocycles. The number of rotatable bonds is 4. The van der Waals surface area contributed by atoms with E-state index in [4.69, 9.17) is 15.3 Å². The fourth-order valence-corrected chi connectivity index (χ4v) is 1.83. The van der Waals surface area contributed by atoms with Crippen LogP contribution in [0.3, 0.4) is 0 Å². The van der Waals surface area contributed by atoms with E-state index in [-0.39, 0.29) is 0 Å². The van der Waals surface area contributed by atoms with E-state index < -0.39 is 0 Å². The second-order valence-corrected chi connectivity index (χ2v) is 3.85.